The van der Waals surface area contributed by atoms with Crippen molar-refractivity contribution in [3.8, 4) is 11.5 Å². The summed E-state index contributed by atoms with van der Waals surface area (Å²) in [5.41, 5.74) is 7.21. The Balaban J connectivity index is 1.83. The van der Waals surface area contributed by atoms with Gasteiger partial charge in [0.15, 0.2) is 0 Å². The standard InChI is InChI=1S/C16H14N2OS/c17-15(16-18-9-10-20-16)12-5-4-8-14(11-12)19-13-6-2-1-3-7-13/h1-11,15H,17H2. The first-order valence-electron chi connectivity index (χ1n) is 6.31. The molecule has 3 rings (SSSR count). The number of aromatic nitrogens is 1. The van der Waals surface area contributed by atoms with E-state index >= 15 is 0 Å². The van der Waals surface area contributed by atoms with Crippen molar-refractivity contribution in [2.45, 2.75) is 6.04 Å². The van der Waals surface area contributed by atoms with Crippen molar-refractivity contribution >= 4 is 11.3 Å². The van der Waals surface area contributed by atoms with Gasteiger partial charge in [0.05, 0.1) is 6.04 Å². The van der Waals surface area contributed by atoms with Crippen molar-refractivity contribution < 1.29 is 4.74 Å². The molecule has 0 saturated carbocycles. The van der Waals surface area contributed by atoms with Gasteiger partial charge in [-0.25, -0.2) is 4.98 Å². The van der Waals surface area contributed by atoms with Crippen LogP contribution in [0.5, 0.6) is 11.5 Å². The van der Waals surface area contributed by atoms with E-state index in [1.807, 2.05) is 60.0 Å². The highest BCUT2D eigenvalue weighted by Crippen LogP contribution is 2.27. The van der Waals surface area contributed by atoms with E-state index in [1.165, 1.54) is 0 Å². The summed E-state index contributed by atoms with van der Waals surface area (Å²) >= 11 is 1.56. The summed E-state index contributed by atoms with van der Waals surface area (Å²) in [5, 5.41) is 2.83. The lowest BCUT2D eigenvalue weighted by Gasteiger charge is -2.11. The van der Waals surface area contributed by atoms with E-state index in [2.05, 4.69) is 4.98 Å². The van der Waals surface area contributed by atoms with Crippen LogP contribution in [0, 0.1) is 0 Å². The second-order valence-corrected chi connectivity index (χ2v) is 5.26. The Morgan fingerprint density at radius 2 is 1.80 bits per heavy atom. The fourth-order valence-corrected chi connectivity index (χ4v) is 2.59. The summed E-state index contributed by atoms with van der Waals surface area (Å²) in [6.07, 6.45) is 1.77. The third-order valence-corrected chi connectivity index (χ3v) is 3.77. The Hall–Kier alpha value is -2.17. The molecule has 0 aliphatic carbocycles. The molecule has 0 fully saturated rings. The average molecular weight is 282 g/mol. The van der Waals surface area contributed by atoms with Crippen LogP contribution < -0.4 is 10.5 Å². The van der Waals surface area contributed by atoms with Gasteiger partial charge in [0.2, 0.25) is 0 Å². The fraction of sp³-hybridized carbons (Fsp3) is 0.0625. The van der Waals surface area contributed by atoms with Crippen LogP contribution >= 0.6 is 11.3 Å². The number of thiazole rings is 1. The maximum absolute atomic E-state index is 6.22. The molecule has 2 aromatic carbocycles. The predicted molar refractivity (Wildman–Crippen MR) is 81.1 cm³/mol. The third-order valence-electron chi connectivity index (χ3n) is 2.91. The second kappa shape index (κ2) is 5.86. The first-order chi connectivity index (χ1) is 9.83. The Morgan fingerprint density at radius 1 is 1.00 bits per heavy atom. The van der Waals surface area contributed by atoms with Gasteiger partial charge in [-0.3, -0.25) is 0 Å². The molecule has 3 nitrogen and oxygen atoms in total. The molecule has 3 aromatic rings. The molecule has 100 valence electrons. The van der Waals surface area contributed by atoms with Crippen molar-refractivity contribution in [3.63, 3.8) is 0 Å². The monoisotopic (exact) mass is 282 g/mol. The van der Waals surface area contributed by atoms with Crippen LogP contribution in [0.25, 0.3) is 0 Å². The number of ether oxygens (including phenoxy) is 1. The van der Waals surface area contributed by atoms with Crippen LogP contribution in [0.4, 0.5) is 0 Å². The largest absolute Gasteiger partial charge is 0.457 e. The molecule has 20 heavy (non-hydrogen) atoms. The number of hydrogen-bond acceptors (Lipinski definition) is 4. The van der Waals surface area contributed by atoms with Crippen molar-refractivity contribution in [2.75, 3.05) is 0 Å². The van der Waals surface area contributed by atoms with Crippen LogP contribution in [0.2, 0.25) is 0 Å². The minimum Gasteiger partial charge on any atom is -0.457 e. The quantitative estimate of drug-likeness (QED) is 0.787. The number of hydrogen-bond donors (Lipinski definition) is 1. The Bertz CT molecular complexity index is 668. The van der Waals surface area contributed by atoms with E-state index in [4.69, 9.17) is 10.5 Å². The molecule has 0 spiro atoms. The van der Waals surface area contributed by atoms with Gasteiger partial charge >= 0.3 is 0 Å². The Morgan fingerprint density at radius 3 is 2.55 bits per heavy atom. The normalized spacial score (nSPS) is 12.1. The zero-order valence-electron chi connectivity index (χ0n) is 10.8. The molecule has 0 radical (unpaired) electrons. The van der Waals surface area contributed by atoms with Crippen molar-refractivity contribution in [1.82, 2.24) is 4.98 Å². The van der Waals surface area contributed by atoms with E-state index < -0.39 is 0 Å². The molecule has 0 bridgehead atoms. The van der Waals surface area contributed by atoms with Crippen LogP contribution in [-0.2, 0) is 0 Å². The summed E-state index contributed by atoms with van der Waals surface area (Å²) in [7, 11) is 0. The molecule has 1 atom stereocenters. The van der Waals surface area contributed by atoms with Crippen LogP contribution in [-0.4, -0.2) is 4.98 Å². The molecule has 1 heterocycles. The topological polar surface area (TPSA) is 48.1 Å². The van der Waals surface area contributed by atoms with Gasteiger partial charge in [-0.15, -0.1) is 11.3 Å². The van der Waals surface area contributed by atoms with Gasteiger partial charge in [0.25, 0.3) is 0 Å². The minimum absolute atomic E-state index is 0.214. The molecular weight excluding hydrogens is 268 g/mol. The van der Waals surface area contributed by atoms with Gasteiger partial charge in [0.1, 0.15) is 16.5 Å². The maximum Gasteiger partial charge on any atom is 0.127 e. The van der Waals surface area contributed by atoms with Crippen molar-refractivity contribution in [3.05, 3.63) is 76.7 Å². The van der Waals surface area contributed by atoms with E-state index in [0.717, 1.165) is 22.1 Å². The highest BCUT2D eigenvalue weighted by atomic mass is 32.1. The Kier molecular flexibility index (Phi) is 3.76. The summed E-state index contributed by atoms with van der Waals surface area (Å²) in [5.74, 6) is 1.59. The molecule has 4 heteroatoms. The van der Waals surface area contributed by atoms with Gasteiger partial charge in [-0.1, -0.05) is 30.3 Å². The lowest BCUT2D eigenvalue weighted by molar-refractivity contribution is 0.481. The summed E-state index contributed by atoms with van der Waals surface area (Å²) in [4.78, 5) is 4.26. The summed E-state index contributed by atoms with van der Waals surface area (Å²) in [6, 6.07) is 17.3. The van der Waals surface area contributed by atoms with Gasteiger partial charge in [0, 0.05) is 11.6 Å². The van der Waals surface area contributed by atoms with Gasteiger partial charge < -0.3 is 10.5 Å². The third kappa shape index (κ3) is 2.87. The number of rotatable bonds is 4. The fourth-order valence-electron chi connectivity index (χ4n) is 1.93. The highest BCUT2D eigenvalue weighted by molar-refractivity contribution is 7.09. The van der Waals surface area contributed by atoms with E-state index in [9.17, 15) is 0 Å². The average Bonchev–Trinajstić information content (AvgIpc) is 3.02. The number of para-hydroxylation sites is 1. The predicted octanol–water partition coefficient (Wildman–Crippen LogP) is 3.98. The summed E-state index contributed by atoms with van der Waals surface area (Å²) < 4.78 is 5.81. The molecule has 2 N–H and O–H groups in total. The van der Waals surface area contributed by atoms with Crippen molar-refractivity contribution in [1.29, 1.82) is 0 Å². The number of nitrogens with zero attached hydrogens (tertiary/aromatic N) is 1. The maximum atomic E-state index is 6.22. The molecule has 0 saturated heterocycles. The molecule has 1 unspecified atom stereocenters. The summed E-state index contributed by atoms with van der Waals surface area (Å²) in [6.45, 7) is 0. The van der Waals surface area contributed by atoms with Crippen LogP contribution in [0.3, 0.4) is 0 Å². The van der Waals surface area contributed by atoms with Crippen LogP contribution in [0.15, 0.2) is 66.2 Å². The smallest absolute Gasteiger partial charge is 0.127 e. The highest BCUT2D eigenvalue weighted by Gasteiger charge is 2.12. The SMILES string of the molecule is NC(c1cccc(Oc2ccccc2)c1)c1nccs1. The minimum atomic E-state index is -0.214. The Labute approximate surface area is 121 Å². The zero-order valence-corrected chi connectivity index (χ0v) is 11.6. The lowest BCUT2D eigenvalue weighted by atomic mass is 10.1. The zero-order chi connectivity index (χ0) is 13.8. The van der Waals surface area contributed by atoms with Gasteiger partial charge in [-0.2, -0.15) is 0 Å². The molecular formula is C16H14N2OS. The molecule has 0 aliphatic rings. The van der Waals surface area contributed by atoms with Crippen molar-refractivity contribution in [2.24, 2.45) is 5.73 Å². The molecule has 0 amide bonds. The van der Waals surface area contributed by atoms with E-state index in [-0.39, 0.29) is 6.04 Å². The first-order valence-corrected chi connectivity index (χ1v) is 7.19. The molecule has 0 aliphatic heterocycles. The van der Waals surface area contributed by atoms with E-state index in [1.54, 1.807) is 17.5 Å². The first kappa shape index (κ1) is 12.8. The van der Waals surface area contributed by atoms with E-state index in [0.29, 0.717) is 0 Å². The van der Waals surface area contributed by atoms with Crippen LogP contribution in [0.1, 0.15) is 16.6 Å². The van der Waals surface area contributed by atoms with Gasteiger partial charge in [-0.05, 0) is 29.8 Å². The number of nitrogens with two attached hydrogens (primary N) is 1. The second-order valence-electron chi connectivity index (χ2n) is 4.34. The molecule has 1 aromatic heterocycles. The lowest BCUT2D eigenvalue weighted by Crippen LogP contribution is -2.11. The number of benzene rings is 2.